The van der Waals surface area contributed by atoms with Crippen LogP contribution in [0.2, 0.25) is 0 Å². The number of hydrogen-bond donors (Lipinski definition) is 0. The lowest BCUT2D eigenvalue weighted by atomic mass is 10.0. The Bertz CT molecular complexity index is 1390. The van der Waals surface area contributed by atoms with Crippen LogP contribution in [0.5, 0.6) is 0 Å². The van der Waals surface area contributed by atoms with E-state index in [1.54, 1.807) is 0 Å². The number of allylic oxidation sites excluding steroid dienone is 6. The van der Waals surface area contributed by atoms with Gasteiger partial charge in [-0.25, -0.2) is 0 Å². The molecule has 0 saturated heterocycles. The van der Waals surface area contributed by atoms with E-state index in [-0.39, 0.29) is 32.2 Å². The Labute approximate surface area is 490 Å². The van der Waals surface area contributed by atoms with Crippen LogP contribution >= 0.6 is 0 Å². The molecule has 0 aliphatic rings. The second-order valence-corrected chi connectivity index (χ2v) is 24.5. The van der Waals surface area contributed by atoms with E-state index in [0.29, 0.717) is 17.4 Å². The summed E-state index contributed by atoms with van der Waals surface area (Å²) in [7, 11) is 5.94. The zero-order valence-corrected chi connectivity index (χ0v) is 53.0. The summed E-state index contributed by atoms with van der Waals surface area (Å²) >= 11 is 0. The number of carboxylic acid groups (broad SMARTS) is 1. The largest absolute Gasteiger partial charge is 0.545 e. The van der Waals surface area contributed by atoms with Gasteiger partial charge in [-0.1, -0.05) is 288 Å². The summed E-state index contributed by atoms with van der Waals surface area (Å²) in [6, 6.07) is 0. The molecule has 0 aromatic carbocycles. The van der Waals surface area contributed by atoms with E-state index in [1.165, 1.54) is 263 Å². The second-order valence-electron chi connectivity index (χ2n) is 24.5. The first-order valence-corrected chi connectivity index (χ1v) is 34.1. The zero-order valence-electron chi connectivity index (χ0n) is 53.0. The van der Waals surface area contributed by atoms with Gasteiger partial charge < -0.3 is 33.3 Å². The molecule has 79 heavy (non-hydrogen) atoms. The van der Waals surface area contributed by atoms with Crippen LogP contribution in [0.15, 0.2) is 36.5 Å². The van der Waals surface area contributed by atoms with Crippen LogP contribution in [-0.2, 0) is 33.3 Å². The van der Waals surface area contributed by atoms with Gasteiger partial charge in [0, 0.05) is 12.8 Å². The van der Waals surface area contributed by atoms with Gasteiger partial charge in [0.05, 0.1) is 40.3 Å². The van der Waals surface area contributed by atoms with Crippen LogP contribution in [0.3, 0.4) is 0 Å². The van der Waals surface area contributed by atoms with E-state index in [9.17, 15) is 19.5 Å². The number of nitrogens with zero attached hydrogens (tertiary/aromatic N) is 1. The molecule has 0 amide bonds. The summed E-state index contributed by atoms with van der Waals surface area (Å²) in [6.45, 7) is 4.78. The lowest BCUT2D eigenvalue weighted by molar-refractivity contribution is -0.870. The van der Waals surface area contributed by atoms with Gasteiger partial charge in [-0.3, -0.25) is 9.59 Å². The summed E-state index contributed by atoms with van der Waals surface area (Å²) in [6.07, 6.45) is 73.8. The van der Waals surface area contributed by atoms with Gasteiger partial charge >= 0.3 is 11.9 Å². The molecule has 9 nitrogen and oxygen atoms in total. The molecule has 0 radical (unpaired) electrons. The van der Waals surface area contributed by atoms with Crippen molar-refractivity contribution in [1.29, 1.82) is 0 Å². The lowest BCUT2D eigenvalue weighted by Crippen LogP contribution is -2.44. The number of quaternary nitrogens is 1. The number of unbranched alkanes of at least 4 members (excludes halogenated alkanes) is 43. The standard InChI is InChI=1S/C70H131NO8/c1-6-8-10-12-14-16-18-20-22-24-25-26-27-28-29-30-31-32-33-34-35-36-37-38-39-40-41-42-43-45-47-49-51-53-55-57-59-61-68(73)79-66(65-78-70(69(74)75)76-63-62-71(3,4)5)64-77-67(72)60-58-56-54-52-50-48-46-44-23-21-19-17-15-13-11-9-7-2/h18,20-21,23-25,66,70H,6-17,19,22,26-65H2,1-5H3/b20-18-,23-21-,25-24-. The first-order valence-electron chi connectivity index (χ1n) is 34.1. The topological polar surface area (TPSA) is 111 Å². The van der Waals surface area contributed by atoms with Gasteiger partial charge in [0.15, 0.2) is 12.4 Å². The highest BCUT2D eigenvalue weighted by Gasteiger charge is 2.22. The van der Waals surface area contributed by atoms with Crippen LogP contribution in [0, 0.1) is 0 Å². The minimum absolute atomic E-state index is 0.149. The van der Waals surface area contributed by atoms with Gasteiger partial charge in [-0.15, -0.1) is 0 Å². The maximum Gasteiger partial charge on any atom is 0.306 e. The van der Waals surface area contributed by atoms with Crippen LogP contribution < -0.4 is 5.11 Å². The van der Waals surface area contributed by atoms with E-state index < -0.39 is 24.3 Å². The Kier molecular flexibility index (Phi) is 59.6. The third-order valence-corrected chi connectivity index (χ3v) is 15.4. The second kappa shape index (κ2) is 61.6. The fourth-order valence-electron chi connectivity index (χ4n) is 10.1. The molecule has 0 aromatic rings. The molecule has 464 valence electrons. The van der Waals surface area contributed by atoms with Gasteiger partial charge in [0.1, 0.15) is 13.2 Å². The van der Waals surface area contributed by atoms with Crippen LogP contribution in [0.1, 0.15) is 335 Å². The Balaban J connectivity index is 3.98. The highest BCUT2D eigenvalue weighted by Crippen LogP contribution is 2.18. The Hall–Kier alpha value is -2.49. The molecule has 0 N–H and O–H groups in total. The summed E-state index contributed by atoms with van der Waals surface area (Å²) in [5, 5.41) is 11.8. The monoisotopic (exact) mass is 1110 g/mol. The van der Waals surface area contributed by atoms with Gasteiger partial charge in [0.2, 0.25) is 0 Å². The number of rotatable bonds is 64. The molecule has 0 spiro atoms. The third kappa shape index (κ3) is 63.0. The first kappa shape index (κ1) is 76.5. The van der Waals surface area contributed by atoms with E-state index >= 15 is 0 Å². The Morgan fingerprint density at radius 1 is 0.380 bits per heavy atom. The van der Waals surface area contributed by atoms with Crippen molar-refractivity contribution in [2.45, 2.75) is 347 Å². The summed E-state index contributed by atoms with van der Waals surface area (Å²) < 4.78 is 22.8. The normalized spacial score (nSPS) is 12.9. The molecule has 2 unspecified atom stereocenters. The molecular weight excluding hydrogens is 983 g/mol. The smallest absolute Gasteiger partial charge is 0.306 e. The number of carbonyl (C=O) groups is 3. The fourth-order valence-corrected chi connectivity index (χ4v) is 10.1. The molecule has 0 aromatic heterocycles. The van der Waals surface area contributed by atoms with Crippen molar-refractivity contribution in [3.63, 3.8) is 0 Å². The summed E-state index contributed by atoms with van der Waals surface area (Å²) in [5.41, 5.74) is 0. The molecule has 0 rings (SSSR count). The highest BCUT2D eigenvalue weighted by atomic mass is 16.7. The van der Waals surface area contributed by atoms with Gasteiger partial charge in [0.25, 0.3) is 0 Å². The number of aliphatic carboxylic acids is 1. The van der Waals surface area contributed by atoms with Crippen LogP contribution in [0.25, 0.3) is 0 Å². The average molecular weight is 1110 g/mol. The van der Waals surface area contributed by atoms with Crippen molar-refractivity contribution in [1.82, 2.24) is 0 Å². The molecule has 0 bridgehead atoms. The van der Waals surface area contributed by atoms with Crippen molar-refractivity contribution in [3.05, 3.63) is 36.5 Å². The minimum Gasteiger partial charge on any atom is -0.545 e. The van der Waals surface area contributed by atoms with Gasteiger partial charge in [-0.2, -0.15) is 0 Å². The molecule has 0 aliphatic carbocycles. The molecule has 0 fully saturated rings. The van der Waals surface area contributed by atoms with Crippen LogP contribution in [-0.4, -0.2) is 82.3 Å². The van der Waals surface area contributed by atoms with E-state index in [4.69, 9.17) is 18.9 Å². The molecule has 9 heteroatoms. The average Bonchev–Trinajstić information content (AvgIpc) is 3.42. The maximum atomic E-state index is 12.9. The number of carbonyl (C=O) groups excluding carboxylic acids is 3. The lowest BCUT2D eigenvalue weighted by Gasteiger charge is -2.26. The Morgan fingerprint density at radius 3 is 1.01 bits per heavy atom. The van der Waals surface area contributed by atoms with Crippen molar-refractivity contribution >= 4 is 17.9 Å². The predicted octanol–water partition coefficient (Wildman–Crippen LogP) is 19.5. The molecule has 0 heterocycles. The van der Waals surface area contributed by atoms with E-state index in [1.807, 2.05) is 21.1 Å². The van der Waals surface area contributed by atoms with Gasteiger partial charge in [-0.05, 0) is 70.6 Å². The van der Waals surface area contributed by atoms with E-state index in [0.717, 1.165) is 44.9 Å². The number of carboxylic acids is 1. The highest BCUT2D eigenvalue weighted by molar-refractivity contribution is 5.70. The SMILES string of the molecule is CCCCCCC/C=C\C/C=C\CCCCCCCCCCCCCCCCCCCCCCCCCCCC(=O)OC(COC(=O)CCCCCCCCC/C=C\CCCCCCCC)COC(OCC[N+](C)(C)C)C(=O)[O-]. The predicted molar refractivity (Wildman–Crippen MR) is 334 cm³/mol. The van der Waals surface area contributed by atoms with Crippen molar-refractivity contribution in [3.8, 4) is 0 Å². The minimum atomic E-state index is -1.62. The maximum absolute atomic E-state index is 12.9. The van der Waals surface area contributed by atoms with Crippen molar-refractivity contribution in [2.75, 3.05) is 47.5 Å². The van der Waals surface area contributed by atoms with Crippen molar-refractivity contribution in [2.24, 2.45) is 0 Å². The number of likely N-dealkylation sites (N-methyl/N-ethyl adjacent to an activating group) is 1. The summed E-state index contributed by atoms with van der Waals surface area (Å²) in [4.78, 5) is 37.4. The third-order valence-electron chi connectivity index (χ3n) is 15.4. The van der Waals surface area contributed by atoms with Crippen LogP contribution in [0.4, 0.5) is 0 Å². The number of esters is 2. The molecule has 0 aliphatic heterocycles. The molecule has 0 saturated carbocycles. The fraction of sp³-hybridized carbons (Fsp3) is 0.871. The van der Waals surface area contributed by atoms with Crippen molar-refractivity contribution < 1.29 is 42.9 Å². The first-order chi connectivity index (χ1) is 38.6. The Morgan fingerprint density at radius 2 is 0.684 bits per heavy atom. The van der Waals surface area contributed by atoms with E-state index in [2.05, 4.69) is 50.3 Å². The number of ether oxygens (including phenoxy) is 4. The molecule has 2 atom stereocenters. The zero-order chi connectivity index (χ0) is 57.6. The number of hydrogen-bond acceptors (Lipinski definition) is 8. The quantitative estimate of drug-likeness (QED) is 0.0195. The summed E-state index contributed by atoms with van der Waals surface area (Å²) in [5.74, 6) is -2.27. The molecular formula is C70H131NO8.